The van der Waals surface area contributed by atoms with Crippen LogP contribution < -0.4 is 0 Å². The minimum atomic E-state index is -1.57. The molecule has 0 amide bonds. The van der Waals surface area contributed by atoms with E-state index in [2.05, 4.69) is 6.58 Å². The third-order valence-corrected chi connectivity index (χ3v) is 2.03. The molecular weight excluding hydrogens is 204 g/mol. The van der Waals surface area contributed by atoms with E-state index in [4.69, 9.17) is 16.7 Å². The molecule has 1 unspecified atom stereocenters. The fourth-order valence-electron chi connectivity index (χ4n) is 0.971. The summed E-state index contributed by atoms with van der Waals surface area (Å²) in [5.74, 6) is -1.31. The first-order chi connectivity index (χ1) is 6.52. The molecule has 1 aromatic rings. The van der Waals surface area contributed by atoms with E-state index in [1.54, 1.807) is 24.3 Å². The number of benzene rings is 1. The molecule has 0 aromatic heterocycles. The van der Waals surface area contributed by atoms with Crippen molar-refractivity contribution in [1.29, 1.82) is 0 Å². The molecule has 0 aliphatic carbocycles. The first kappa shape index (κ1) is 10.8. The van der Waals surface area contributed by atoms with Gasteiger partial charge in [-0.3, -0.25) is 0 Å². The lowest BCUT2D eigenvalue weighted by Crippen LogP contribution is -2.20. The quantitative estimate of drug-likeness (QED) is 0.803. The number of carbonyl (C=O) groups is 1. The van der Waals surface area contributed by atoms with E-state index in [9.17, 15) is 9.90 Å². The summed E-state index contributed by atoms with van der Waals surface area (Å²) in [6.45, 7) is 3.50. The fourth-order valence-corrected chi connectivity index (χ4v) is 1.10. The number of carboxylic acid groups (broad SMARTS) is 1. The van der Waals surface area contributed by atoms with Crippen LogP contribution in [0.25, 0.3) is 5.57 Å². The SMILES string of the molecule is C=C(c1ccc(Cl)cc1)C(O)C(=O)O. The molecule has 0 saturated carbocycles. The predicted octanol–water partition coefficient (Wildman–Crippen LogP) is 1.80. The van der Waals surface area contributed by atoms with Gasteiger partial charge in [-0.05, 0) is 23.3 Å². The van der Waals surface area contributed by atoms with Crippen molar-refractivity contribution in [2.75, 3.05) is 0 Å². The van der Waals surface area contributed by atoms with Crippen LogP contribution in [-0.4, -0.2) is 22.3 Å². The van der Waals surface area contributed by atoms with Gasteiger partial charge in [0.1, 0.15) is 0 Å². The van der Waals surface area contributed by atoms with Gasteiger partial charge in [-0.1, -0.05) is 30.3 Å². The van der Waals surface area contributed by atoms with Crippen LogP contribution in [0.1, 0.15) is 5.56 Å². The highest BCUT2D eigenvalue weighted by atomic mass is 35.5. The maximum atomic E-state index is 10.4. The monoisotopic (exact) mass is 212 g/mol. The summed E-state index contributed by atoms with van der Waals surface area (Å²) in [5, 5.41) is 18.3. The molecule has 4 heteroatoms. The van der Waals surface area contributed by atoms with Crippen molar-refractivity contribution in [2.45, 2.75) is 6.10 Å². The summed E-state index contributed by atoms with van der Waals surface area (Å²) in [6.07, 6.45) is -1.57. The molecule has 0 radical (unpaired) electrons. The van der Waals surface area contributed by atoms with Crippen LogP contribution in [0.15, 0.2) is 30.8 Å². The number of hydrogen-bond acceptors (Lipinski definition) is 2. The molecular formula is C10H9ClO3. The maximum Gasteiger partial charge on any atom is 0.337 e. The number of aliphatic hydroxyl groups excluding tert-OH is 1. The molecule has 0 aliphatic rings. The number of carboxylic acids is 1. The van der Waals surface area contributed by atoms with E-state index in [1.807, 2.05) is 0 Å². The zero-order valence-corrected chi connectivity index (χ0v) is 8.03. The highest BCUT2D eigenvalue weighted by Crippen LogP contribution is 2.18. The number of halogens is 1. The van der Waals surface area contributed by atoms with Gasteiger partial charge >= 0.3 is 5.97 Å². The van der Waals surface area contributed by atoms with Gasteiger partial charge < -0.3 is 10.2 Å². The Labute approximate surface area is 86.3 Å². The van der Waals surface area contributed by atoms with Crippen LogP contribution in [0.3, 0.4) is 0 Å². The molecule has 1 aromatic carbocycles. The largest absolute Gasteiger partial charge is 0.479 e. The normalized spacial score (nSPS) is 12.1. The summed E-state index contributed by atoms with van der Waals surface area (Å²) in [4.78, 5) is 10.4. The molecule has 14 heavy (non-hydrogen) atoms. The molecule has 0 spiro atoms. The fraction of sp³-hybridized carbons (Fsp3) is 0.100. The Hall–Kier alpha value is -1.32. The van der Waals surface area contributed by atoms with Crippen LogP contribution in [0.2, 0.25) is 5.02 Å². The first-order valence-electron chi connectivity index (χ1n) is 3.88. The molecule has 0 saturated heterocycles. The molecule has 3 nitrogen and oxygen atoms in total. The summed E-state index contributed by atoms with van der Waals surface area (Å²) in [5.41, 5.74) is 0.707. The van der Waals surface area contributed by atoms with Crippen LogP contribution in [0.4, 0.5) is 0 Å². The van der Waals surface area contributed by atoms with Crippen molar-refractivity contribution in [2.24, 2.45) is 0 Å². The maximum absolute atomic E-state index is 10.4. The Morgan fingerprint density at radius 3 is 2.29 bits per heavy atom. The van der Waals surface area contributed by atoms with Crippen LogP contribution in [0, 0.1) is 0 Å². The molecule has 2 N–H and O–H groups in total. The zero-order chi connectivity index (χ0) is 10.7. The lowest BCUT2D eigenvalue weighted by molar-refractivity contribution is -0.143. The van der Waals surface area contributed by atoms with Crippen LogP contribution in [-0.2, 0) is 4.79 Å². The van der Waals surface area contributed by atoms with Gasteiger partial charge in [0.25, 0.3) is 0 Å². The van der Waals surface area contributed by atoms with E-state index < -0.39 is 12.1 Å². The van der Waals surface area contributed by atoms with Gasteiger partial charge in [-0.15, -0.1) is 0 Å². The first-order valence-corrected chi connectivity index (χ1v) is 4.26. The van der Waals surface area contributed by atoms with Crippen molar-refractivity contribution in [1.82, 2.24) is 0 Å². The van der Waals surface area contributed by atoms with E-state index in [-0.39, 0.29) is 5.57 Å². The third kappa shape index (κ3) is 2.34. The lowest BCUT2D eigenvalue weighted by atomic mass is 10.0. The van der Waals surface area contributed by atoms with Crippen molar-refractivity contribution < 1.29 is 15.0 Å². The van der Waals surface area contributed by atoms with Crippen molar-refractivity contribution in [3.05, 3.63) is 41.4 Å². The molecule has 0 aliphatic heterocycles. The second-order valence-electron chi connectivity index (χ2n) is 2.77. The number of aliphatic hydroxyl groups is 1. The van der Waals surface area contributed by atoms with Crippen molar-refractivity contribution in [3.63, 3.8) is 0 Å². The molecule has 0 heterocycles. The Morgan fingerprint density at radius 2 is 1.86 bits per heavy atom. The molecule has 0 fully saturated rings. The second kappa shape index (κ2) is 4.26. The second-order valence-corrected chi connectivity index (χ2v) is 3.21. The summed E-state index contributed by atoms with van der Waals surface area (Å²) in [6, 6.07) is 6.43. The Kier molecular flexibility index (Phi) is 3.28. The highest BCUT2D eigenvalue weighted by molar-refractivity contribution is 6.30. The minimum Gasteiger partial charge on any atom is -0.479 e. The number of rotatable bonds is 3. The van der Waals surface area contributed by atoms with E-state index >= 15 is 0 Å². The van der Waals surface area contributed by atoms with Crippen molar-refractivity contribution in [3.8, 4) is 0 Å². The van der Waals surface area contributed by atoms with Crippen molar-refractivity contribution >= 4 is 23.1 Å². The third-order valence-electron chi connectivity index (χ3n) is 1.78. The van der Waals surface area contributed by atoms with Gasteiger partial charge in [-0.25, -0.2) is 4.79 Å². The van der Waals surface area contributed by atoms with Gasteiger partial charge in [0, 0.05) is 5.02 Å². The van der Waals surface area contributed by atoms with Crippen LogP contribution in [0.5, 0.6) is 0 Å². The molecule has 1 rings (SSSR count). The average Bonchev–Trinajstić information content (AvgIpc) is 2.16. The zero-order valence-electron chi connectivity index (χ0n) is 7.27. The summed E-state index contributed by atoms with van der Waals surface area (Å²) < 4.78 is 0. The predicted molar refractivity (Wildman–Crippen MR) is 54.1 cm³/mol. The van der Waals surface area contributed by atoms with E-state index in [1.165, 1.54) is 0 Å². The van der Waals surface area contributed by atoms with E-state index in [0.29, 0.717) is 10.6 Å². The molecule has 74 valence electrons. The summed E-state index contributed by atoms with van der Waals surface area (Å²) >= 11 is 5.65. The molecule has 0 bridgehead atoms. The van der Waals surface area contributed by atoms with Gasteiger partial charge in [0.05, 0.1) is 0 Å². The van der Waals surface area contributed by atoms with Crippen LogP contribution >= 0.6 is 11.6 Å². The Bertz CT molecular complexity index is 356. The molecule has 1 atom stereocenters. The standard InChI is InChI=1S/C10H9ClO3/c1-6(9(12)10(13)14)7-2-4-8(11)5-3-7/h2-5,9,12H,1H2,(H,13,14). The highest BCUT2D eigenvalue weighted by Gasteiger charge is 2.17. The van der Waals surface area contributed by atoms with Gasteiger partial charge in [0.2, 0.25) is 0 Å². The summed E-state index contributed by atoms with van der Waals surface area (Å²) in [7, 11) is 0. The Balaban J connectivity index is 2.90. The minimum absolute atomic E-state index is 0.147. The average molecular weight is 213 g/mol. The van der Waals surface area contributed by atoms with Gasteiger partial charge in [-0.2, -0.15) is 0 Å². The smallest absolute Gasteiger partial charge is 0.337 e. The van der Waals surface area contributed by atoms with E-state index in [0.717, 1.165) is 0 Å². The van der Waals surface area contributed by atoms with Gasteiger partial charge in [0.15, 0.2) is 6.10 Å². The topological polar surface area (TPSA) is 57.5 Å². The Morgan fingerprint density at radius 1 is 1.36 bits per heavy atom. The number of hydrogen-bond donors (Lipinski definition) is 2. The lowest BCUT2D eigenvalue weighted by Gasteiger charge is -2.09. The number of aliphatic carboxylic acids is 1.